The third-order valence-electron chi connectivity index (χ3n) is 3.88. The summed E-state index contributed by atoms with van der Waals surface area (Å²) < 4.78 is 6.28. The number of hydrogen-bond acceptors (Lipinski definition) is 5. The molecular formula is C20H15N3O2S. The third kappa shape index (κ3) is 3.27. The van der Waals surface area contributed by atoms with Crippen molar-refractivity contribution in [3.05, 3.63) is 72.4 Å². The third-order valence-corrected chi connectivity index (χ3v) is 4.96. The van der Waals surface area contributed by atoms with Crippen LogP contribution in [0.4, 0.5) is 5.82 Å². The highest BCUT2D eigenvalue weighted by Gasteiger charge is 2.10. The van der Waals surface area contributed by atoms with Gasteiger partial charge in [0.1, 0.15) is 16.6 Å². The maximum Gasteiger partial charge on any atom is 0.256 e. The van der Waals surface area contributed by atoms with Gasteiger partial charge >= 0.3 is 0 Å². The molecule has 0 aliphatic rings. The van der Waals surface area contributed by atoms with Crippen LogP contribution in [0.25, 0.3) is 20.8 Å². The maximum atomic E-state index is 12.3. The number of nitrogens with one attached hydrogen (secondary N) is 1. The van der Waals surface area contributed by atoms with Crippen LogP contribution in [0.5, 0.6) is 5.75 Å². The molecule has 2 aromatic heterocycles. The molecule has 0 fully saturated rings. The quantitative estimate of drug-likeness (QED) is 0.576. The van der Waals surface area contributed by atoms with Crippen LogP contribution in [0.3, 0.4) is 0 Å². The molecule has 6 heteroatoms. The number of pyridine rings is 1. The molecular weight excluding hydrogens is 346 g/mol. The van der Waals surface area contributed by atoms with Crippen molar-refractivity contribution in [3.8, 4) is 16.3 Å². The lowest BCUT2D eigenvalue weighted by molar-refractivity contribution is 0.102. The molecule has 0 saturated heterocycles. The Labute approximate surface area is 154 Å². The Balaban J connectivity index is 1.53. The van der Waals surface area contributed by atoms with E-state index in [2.05, 4.69) is 15.3 Å². The molecule has 0 atom stereocenters. The van der Waals surface area contributed by atoms with E-state index in [4.69, 9.17) is 4.74 Å². The average Bonchev–Trinajstić information content (AvgIpc) is 3.13. The number of fused-ring (bicyclic) bond motifs is 1. The Morgan fingerprint density at radius 1 is 1.08 bits per heavy atom. The minimum Gasteiger partial charge on any atom is -0.497 e. The van der Waals surface area contributed by atoms with Gasteiger partial charge in [0.05, 0.1) is 17.3 Å². The monoisotopic (exact) mass is 361 g/mol. The first-order valence-electron chi connectivity index (χ1n) is 8.00. The van der Waals surface area contributed by atoms with Crippen LogP contribution in [0, 0.1) is 0 Å². The number of thiazole rings is 1. The smallest absolute Gasteiger partial charge is 0.256 e. The zero-order valence-electron chi connectivity index (χ0n) is 14.0. The number of benzene rings is 2. The fraction of sp³-hybridized carbons (Fsp3) is 0.0500. The number of ether oxygens (including phenoxy) is 1. The molecule has 4 aromatic rings. The molecule has 0 spiro atoms. The van der Waals surface area contributed by atoms with E-state index in [1.807, 2.05) is 30.3 Å². The number of aromatic nitrogens is 2. The van der Waals surface area contributed by atoms with Gasteiger partial charge in [-0.25, -0.2) is 9.97 Å². The predicted molar refractivity (Wildman–Crippen MR) is 104 cm³/mol. The number of para-hydroxylation sites is 1. The van der Waals surface area contributed by atoms with Gasteiger partial charge < -0.3 is 10.1 Å². The molecule has 2 aromatic carbocycles. The van der Waals surface area contributed by atoms with E-state index in [0.29, 0.717) is 17.1 Å². The zero-order valence-corrected chi connectivity index (χ0v) is 14.8. The van der Waals surface area contributed by atoms with Crippen molar-refractivity contribution in [1.29, 1.82) is 0 Å². The van der Waals surface area contributed by atoms with Crippen LogP contribution >= 0.6 is 11.3 Å². The standard InChI is InChI=1S/C20H15N3O2S/c1-25-15-6-4-5-13(11-15)19(24)23-18-10-9-14(12-21-18)20-22-16-7-2-3-8-17(16)26-20/h2-12H,1H3,(H,21,23,24). The number of anilines is 1. The Kier molecular flexibility index (Phi) is 4.33. The molecule has 0 aliphatic carbocycles. The topological polar surface area (TPSA) is 64.1 Å². The number of rotatable bonds is 4. The fourth-order valence-corrected chi connectivity index (χ4v) is 3.50. The highest BCUT2D eigenvalue weighted by molar-refractivity contribution is 7.21. The number of amides is 1. The number of methoxy groups -OCH3 is 1. The summed E-state index contributed by atoms with van der Waals surface area (Å²) >= 11 is 1.62. The van der Waals surface area contributed by atoms with Gasteiger partial charge in [-0.05, 0) is 42.5 Å². The summed E-state index contributed by atoms with van der Waals surface area (Å²) in [7, 11) is 1.57. The van der Waals surface area contributed by atoms with Crippen molar-refractivity contribution in [2.45, 2.75) is 0 Å². The van der Waals surface area contributed by atoms with Crippen molar-refractivity contribution >= 4 is 33.3 Å². The summed E-state index contributed by atoms with van der Waals surface area (Å²) in [5.41, 5.74) is 2.41. The van der Waals surface area contributed by atoms with Crippen molar-refractivity contribution in [2.75, 3.05) is 12.4 Å². The normalized spacial score (nSPS) is 10.7. The largest absolute Gasteiger partial charge is 0.497 e. The first kappa shape index (κ1) is 16.2. The van der Waals surface area contributed by atoms with E-state index < -0.39 is 0 Å². The average molecular weight is 361 g/mol. The van der Waals surface area contributed by atoms with Gasteiger partial charge in [-0.2, -0.15) is 0 Å². The van der Waals surface area contributed by atoms with E-state index in [-0.39, 0.29) is 5.91 Å². The van der Waals surface area contributed by atoms with Gasteiger partial charge in [0.2, 0.25) is 0 Å². The second kappa shape index (κ2) is 6.93. The number of carbonyl (C=O) groups excluding carboxylic acids is 1. The van der Waals surface area contributed by atoms with Gasteiger partial charge in [0.15, 0.2) is 0 Å². The van der Waals surface area contributed by atoms with Crippen LogP contribution in [-0.2, 0) is 0 Å². The summed E-state index contributed by atoms with van der Waals surface area (Å²) in [6.45, 7) is 0. The molecule has 0 saturated carbocycles. The van der Waals surface area contributed by atoms with Gasteiger partial charge in [0.25, 0.3) is 5.91 Å². The highest BCUT2D eigenvalue weighted by atomic mass is 32.1. The van der Waals surface area contributed by atoms with Crippen LogP contribution in [-0.4, -0.2) is 23.0 Å². The second-order valence-corrected chi connectivity index (χ2v) is 6.64. The van der Waals surface area contributed by atoms with Crippen molar-refractivity contribution in [2.24, 2.45) is 0 Å². The Morgan fingerprint density at radius 2 is 1.96 bits per heavy atom. The lowest BCUT2D eigenvalue weighted by Gasteiger charge is -2.06. The van der Waals surface area contributed by atoms with E-state index in [1.54, 1.807) is 55.0 Å². The molecule has 5 nitrogen and oxygen atoms in total. The van der Waals surface area contributed by atoms with Gasteiger partial charge in [-0.3, -0.25) is 4.79 Å². The van der Waals surface area contributed by atoms with E-state index in [1.165, 1.54) is 0 Å². The molecule has 0 bridgehead atoms. The van der Waals surface area contributed by atoms with Crippen LogP contribution in [0.1, 0.15) is 10.4 Å². The molecule has 26 heavy (non-hydrogen) atoms. The van der Waals surface area contributed by atoms with Crippen molar-refractivity contribution in [1.82, 2.24) is 9.97 Å². The Bertz CT molecular complexity index is 1040. The minimum absolute atomic E-state index is 0.232. The van der Waals surface area contributed by atoms with Gasteiger partial charge in [-0.15, -0.1) is 11.3 Å². The van der Waals surface area contributed by atoms with Gasteiger partial charge in [-0.1, -0.05) is 18.2 Å². The molecule has 1 amide bonds. The second-order valence-electron chi connectivity index (χ2n) is 5.60. The summed E-state index contributed by atoms with van der Waals surface area (Å²) in [6, 6.07) is 18.7. The van der Waals surface area contributed by atoms with E-state index >= 15 is 0 Å². The predicted octanol–water partition coefficient (Wildman–Crippen LogP) is 4.62. The Hall–Kier alpha value is -3.25. The van der Waals surface area contributed by atoms with Gasteiger partial charge in [0, 0.05) is 17.3 Å². The highest BCUT2D eigenvalue weighted by Crippen LogP contribution is 2.29. The lowest BCUT2D eigenvalue weighted by atomic mass is 10.2. The summed E-state index contributed by atoms with van der Waals surface area (Å²) in [5.74, 6) is 0.892. The molecule has 0 aliphatic heterocycles. The van der Waals surface area contributed by atoms with E-state index in [0.717, 1.165) is 20.8 Å². The van der Waals surface area contributed by atoms with E-state index in [9.17, 15) is 4.79 Å². The maximum absolute atomic E-state index is 12.3. The number of hydrogen-bond donors (Lipinski definition) is 1. The molecule has 0 unspecified atom stereocenters. The van der Waals surface area contributed by atoms with Crippen LogP contribution < -0.4 is 10.1 Å². The first-order chi connectivity index (χ1) is 12.7. The Morgan fingerprint density at radius 3 is 2.73 bits per heavy atom. The zero-order chi connectivity index (χ0) is 17.9. The number of nitrogens with zero attached hydrogens (tertiary/aromatic N) is 2. The number of carbonyl (C=O) groups is 1. The van der Waals surface area contributed by atoms with Crippen LogP contribution in [0.15, 0.2) is 66.9 Å². The van der Waals surface area contributed by atoms with Crippen LogP contribution in [0.2, 0.25) is 0 Å². The molecule has 4 rings (SSSR count). The fourth-order valence-electron chi connectivity index (χ4n) is 2.54. The SMILES string of the molecule is COc1cccc(C(=O)Nc2ccc(-c3nc4ccccc4s3)cn2)c1. The van der Waals surface area contributed by atoms with Crippen molar-refractivity contribution in [3.63, 3.8) is 0 Å². The minimum atomic E-state index is -0.232. The lowest BCUT2D eigenvalue weighted by Crippen LogP contribution is -2.12. The summed E-state index contributed by atoms with van der Waals surface area (Å²) in [5, 5.41) is 3.70. The molecule has 1 N–H and O–H groups in total. The van der Waals surface area contributed by atoms with Crippen molar-refractivity contribution < 1.29 is 9.53 Å². The summed E-state index contributed by atoms with van der Waals surface area (Å²) in [4.78, 5) is 21.3. The molecule has 128 valence electrons. The summed E-state index contributed by atoms with van der Waals surface area (Å²) in [6.07, 6.45) is 1.72. The molecule has 0 radical (unpaired) electrons. The molecule has 2 heterocycles. The first-order valence-corrected chi connectivity index (χ1v) is 8.82.